The van der Waals surface area contributed by atoms with Crippen LogP contribution in [0.2, 0.25) is 0 Å². The average molecular weight is 198 g/mol. The summed E-state index contributed by atoms with van der Waals surface area (Å²) in [5, 5.41) is 0. The quantitative estimate of drug-likeness (QED) is 0.679. The molecular weight excluding hydrogens is 176 g/mol. The summed E-state index contributed by atoms with van der Waals surface area (Å²) in [6.07, 6.45) is 3.36. The highest BCUT2D eigenvalue weighted by molar-refractivity contribution is 4.87. The largest absolute Gasteiger partial charge is 0.349 e. The standard InChI is InChI=1S/C12H22O2/c1-7(2)10-5-9-6-11(8(3)4)14-12(9)13-10/h7-12H,5-6H2,1-4H3/t9?,10-,11+,12?. The van der Waals surface area contributed by atoms with Crippen molar-refractivity contribution in [2.24, 2.45) is 17.8 Å². The number of hydrogen-bond donors (Lipinski definition) is 0. The van der Waals surface area contributed by atoms with Gasteiger partial charge in [0.15, 0.2) is 6.29 Å². The Hall–Kier alpha value is -0.0800. The first-order chi connectivity index (χ1) is 6.58. The summed E-state index contributed by atoms with van der Waals surface area (Å²) in [7, 11) is 0. The van der Waals surface area contributed by atoms with Crippen LogP contribution in [-0.4, -0.2) is 18.5 Å². The van der Waals surface area contributed by atoms with Gasteiger partial charge in [0.1, 0.15) is 0 Å². The van der Waals surface area contributed by atoms with E-state index < -0.39 is 0 Å². The molecule has 0 aromatic rings. The van der Waals surface area contributed by atoms with Crippen LogP contribution in [0.4, 0.5) is 0 Å². The average Bonchev–Trinajstić information content (AvgIpc) is 2.57. The predicted octanol–water partition coefficient (Wildman–Crippen LogP) is 2.82. The third kappa shape index (κ3) is 1.82. The van der Waals surface area contributed by atoms with Crippen molar-refractivity contribution < 1.29 is 9.47 Å². The summed E-state index contributed by atoms with van der Waals surface area (Å²) in [6, 6.07) is 0. The molecular formula is C12H22O2. The van der Waals surface area contributed by atoms with Gasteiger partial charge in [-0.3, -0.25) is 0 Å². The Bertz CT molecular complexity index is 166. The molecule has 2 fully saturated rings. The molecule has 0 N–H and O–H groups in total. The smallest absolute Gasteiger partial charge is 0.161 e. The Balaban J connectivity index is 1.90. The highest BCUT2D eigenvalue weighted by Gasteiger charge is 2.45. The fourth-order valence-electron chi connectivity index (χ4n) is 2.48. The van der Waals surface area contributed by atoms with Crippen LogP contribution in [0.25, 0.3) is 0 Å². The maximum Gasteiger partial charge on any atom is 0.161 e. The normalized spacial score (nSPS) is 42.4. The van der Waals surface area contributed by atoms with Crippen molar-refractivity contribution in [2.75, 3.05) is 0 Å². The van der Waals surface area contributed by atoms with Crippen LogP contribution in [0.15, 0.2) is 0 Å². The highest BCUT2D eigenvalue weighted by Crippen LogP contribution is 2.41. The van der Waals surface area contributed by atoms with Gasteiger partial charge in [0, 0.05) is 5.92 Å². The zero-order valence-electron chi connectivity index (χ0n) is 9.69. The van der Waals surface area contributed by atoms with Gasteiger partial charge in [-0.25, -0.2) is 0 Å². The van der Waals surface area contributed by atoms with Crippen molar-refractivity contribution in [3.05, 3.63) is 0 Å². The van der Waals surface area contributed by atoms with Crippen LogP contribution in [0.3, 0.4) is 0 Å². The van der Waals surface area contributed by atoms with Gasteiger partial charge in [-0.1, -0.05) is 27.7 Å². The summed E-state index contributed by atoms with van der Waals surface area (Å²) >= 11 is 0. The molecule has 0 amide bonds. The van der Waals surface area contributed by atoms with E-state index in [9.17, 15) is 0 Å². The van der Waals surface area contributed by atoms with Crippen molar-refractivity contribution in [1.82, 2.24) is 0 Å². The van der Waals surface area contributed by atoms with Crippen molar-refractivity contribution in [2.45, 2.75) is 59.0 Å². The molecule has 0 bridgehead atoms. The molecule has 4 atom stereocenters. The molecule has 0 saturated carbocycles. The van der Waals surface area contributed by atoms with E-state index >= 15 is 0 Å². The van der Waals surface area contributed by atoms with Gasteiger partial charge < -0.3 is 9.47 Å². The minimum absolute atomic E-state index is 0.106. The zero-order valence-corrected chi connectivity index (χ0v) is 9.69. The van der Waals surface area contributed by atoms with E-state index in [-0.39, 0.29) is 6.29 Å². The van der Waals surface area contributed by atoms with E-state index in [1.165, 1.54) is 12.8 Å². The molecule has 2 heterocycles. The molecule has 2 unspecified atom stereocenters. The van der Waals surface area contributed by atoms with Crippen molar-refractivity contribution >= 4 is 0 Å². The Morgan fingerprint density at radius 3 is 1.57 bits per heavy atom. The molecule has 14 heavy (non-hydrogen) atoms. The highest BCUT2D eigenvalue weighted by atomic mass is 16.7. The van der Waals surface area contributed by atoms with Gasteiger partial charge in [-0.2, -0.15) is 0 Å². The van der Waals surface area contributed by atoms with Crippen molar-refractivity contribution in [1.29, 1.82) is 0 Å². The monoisotopic (exact) mass is 198 g/mol. The van der Waals surface area contributed by atoms with Crippen LogP contribution >= 0.6 is 0 Å². The number of fused-ring (bicyclic) bond motifs is 1. The summed E-state index contributed by atoms with van der Waals surface area (Å²) in [5.74, 6) is 1.91. The zero-order chi connectivity index (χ0) is 10.3. The minimum Gasteiger partial charge on any atom is -0.349 e. The van der Waals surface area contributed by atoms with Gasteiger partial charge in [0.25, 0.3) is 0 Å². The summed E-state index contributed by atoms with van der Waals surface area (Å²) in [6.45, 7) is 8.91. The van der Waals surface area contributed by atoms with Crippen molar-refractivity contribution in [3.8, 4) is 0 Å². The van der Waals surface area contributed by atoms with E-state index in [1.54, 1.807) is 0 Å². The van der Waals surface area contributed by atoms with Gasteiger partial charge in [-0.05, 0) is 24.7 Å². The topological polar surface area (TPSA) is 18.5 Å². The maximum absolute atomic E-state index is 5.90. The second-order valence-corrected chi connectivity index (χ2v) is 5.44. The second-order valence-electron chi connectivity index (χ2n) is 5.44. The Morgan fingerprint density at radius 2 is 1.29 bits per heavy atom. The van der Waals surface area contributed by atoms with E-state index in [2.05, 4.69) is 27.7 Å². The molecule has 2 aliphatic rings. The molecule has 0 aromatic heterocycles. The maximum atomic E-state index is 5.90. The van der Waals surface area contributed by atoms with Crippen molar-refractivity contribution in [3.63, 3.8) is 0 Å². The molecule has 82 valence electrons. The van der Waals surface area contributed by atoms with E-state index in [1.807, 2.05) is 0 Å². The number of hydrogen-bond acceptors (Lipinski definition) is 2. The first-order valence-electron chi connectivity index (χ1n) is 5.89. The van der Waals surface area contributed by atoms with Crippen LogP contribution in [0.1, 0.15) is 40.5 Å². The first kappa shape index (κ1) is 10.4. The molecule has 2 aliphatic heterocycles. The third-order valence-corrected chi connectivity index (χ3v) is 3.56. The van der Waals surface area contributed by atoms with E-state index in [4.69, 9.17) is 9.47 Å². The van der Waals surface area contributed by atoms with Crippen LogP contribution in [0, 0.1) is 17.8 Å². The van der Waals surface area contributed by atoms with E-state index in [0.29, 0.717) is 30.0 Å². The third-order valence-electron chi connectivity index (χ3n) is 3.56. The molecule has 2 heteroatoms. The fourth-order valence-corrected chi connectivity index (χ4v) is 2.48. The lowest BCUT2D eigenvalue weighted by Gasteiger charge is -2.20. The van der Waals surface area contributed by atoms with Gasteiger partial charge in [0.05, 0.1) is 12.2 Å². The van der Waals surface area contributed by atoms with Crippen LogP contribution in [0.5, 0.6) is 0 Å². The minimum atomic E-state index is 0.106. The summed E-state index contributed by atoms with van der Waals surface area (Å²) in [4.78, 5) is 0. The Morgan fingerprint density at radius 1 is 0.857 bits per heavy atom. The molecule has 0 radical (unpaired) electrons. The Kier molecular flexibility index (Phi) is 2.85. The number of rotatable bonds is 2. The SMILES string of the molecule is CC(C)[C@@H]1CC2C[C@H](C(C)C)OC2O1. The van der Waals surface area contributed by atoms with Crippen LogP contribution in [-0.2, 0) is 9.47 Å². The molecule has 2 nitrogen and oxygen atoms in total. The summed E-state index contributed by atoms with van der Waals surface area (Å²) < 4.78 is 11.8. The lowest BCUT2D eigenvalue weighted by atomic mass is 9.92. The summed E-state index contributed by atoms with van der Waals surface area (Å²) in [5.41, 5.74) is 0. The Labute approximate surface area is 87.0 Å². The molecule has 2 saturated heterocycles. The fraction of sp³-hybridized carbons (Fsp3) is 1.00. The number of ether oxygens (including phenoxy) is 2. The van der Waals surface area contributed by atoms with Crippen LogP contribution < -0.4 is 0 Å². The molecule has 0 aliphatic carbocycles. The van der Waals surface area contributed by atoms with Gasteiger partial charge >= 0.3 is 0 Å². The van der Waals surface area contributed by atoms with Gasteiger partial charge in [-0.15, -0.1) is 0 Å². The van der Waals surface area contributed by atoms with E-state index in [0.717, 1.165) is 0 Å². The molecule has 0 spiro atoms. The lowest BCUT2D eigenvalue weighted by molar-refractivity contribution is -0.152. The second kappa shape index (κ2) is 3.82. The molecule has 0 aromatic carbocycles. The first-order valence-corrected chi connectivity index (χ1v) is 5.89. The van der Waals surface area contributed by atoms with Gasteiger partial charge in [0.2, 0.25) is 0 Å². The molecule has 2 rings (SSSR count). The predicted molar refractivity (Wildman–Crippen MR) is 55.9 cm³/mol. The lowest BCUT2D eigenvalue weighted by Crippen LogP contribution is -2.22.